The Labute approximate surface area is 112 Å². The van der Waals surface area contributed by atoms with Crippen molar-refractivity contribution in [2.75, 3.05) is 0 Å². The quantitative estimate of drug-likeness (QED) is 0.505. The molecule has 0 atom stereocenters. The van der Waals surface area contributed by atoms with Crippen LogP contribution in [0.5, 0.6) is 0 Å². The van der Waals surface area contributed by atoms with Gasteiger partial charge in [-0.3, -0.25) is 4.98 Å². The summed E-state index contributed by atoms with van der Waals surface area (Å²) in [6, 6.07) is 8.38. The predicted octanol–water partition coefficient (Wildman–Crippen LogP) is 4.57. The SMILES string of the molecule is c1cc(-c2ccnc3sccc23)c2sccc2n1. The molecule has 0 aliphatic heterocycles. The Morgan fingerprint density at radius 1 is 0.778 bits per heavy atom. The molecular weight excluding hydrogens is 260 g/mol. The molecule has 4 heterocycles. The fourth-order valence-corrected chi connectivity index (χ4v) is 3.84. The molecule has 86 valence electrons. The third kappa shape index (κ3) is 1.39. The molecule has 18 heavy (non-hydrogen) atoms. The Kier molecular flexibility index (Phi) is 2.18. The second-order valence-corrected chi connectivity index (χ2v) is 5.80. The monoisotopic (exact) mass is 268 g/mol. The van der Waals surface area contributed by atoms with Gasteiger partial charge in [-0.25, -0.2) is 4.98 Å². The first-order chi connectivity index (χ1) is 8.93. The summed E-state index contributed by atoms with van der Waals surface area (Å²) in [4.78, 5) is 9.89. The van der Waals surface area contributed by atoms with Crippen LogP contribution in [0, 0.1) is 0 Å². The summed E-state index contributed by atoms with van der Waals surface area (Å²) in [6.07, 6.45) is 3.76. The molecule has 0 N–H and O–H groups in total. The van der Waals surface area contributed by atoms with E-state index in [1.165, 1.54) is 21.2 Å². The van der Waals surface area contributed by atoms with Crippen LogP contribution < -0.4 is 0 Å². The maximum atomic E-state index is 4.40. The number of hydrogen-bond donors (Lipinski definition) is 0. The van der Waals surface area contributed by atoms with E-state index in [2.05, 4.69) is 45.0 Å². The summed E-state index contributed by atoms with van der Waals surface area (Å²) in [5.74, 6) is 0. The van der Waals surface area contributed by atoms with Gasteiger partial charge >= 0.3 is 0 Å². The molecule has 0 fully saturated rings. The van der Waals surface area contributed by atoms with Gasteiger partial charge in [0.2, 0.25) is 0 Å². The number of aromatic nitrogens is 2. The van der Waals surface area contributed by atoms with Crippen LogP contribution in [0.4, 0.5) is 0 Å². The molecule has 4 aromatic rings. The fourth-order valence-electron chi connectivity index (χ4n) is 2.20. The van der Waals surface area contributed by atoms with E-state index in [1.807, 2.05) is 12.4 Å². The standard InChI is InChI=1S/C14H8N2S2/c1-6-16-14-11(3-7-18-14)9(1)10-2-5-15-12-4-8-17-13(10)12/h1-8H. The minimum atomic E-state index is 1.07. The number of nitrogens with zero attached hydrogens (tertiary/aromatic N) is 2. The highest BCUT2D eigenvalue weighted by atomic mass is 32.1. The third-order valence-corrected chi connectivity index (χ3v) is 4.76. The largest absolute Gasteiger partial charge is 0.255 e. The molecule has 0 aromatic carbocycles. The zero-order chi connectivity index (χ0) is 11.9. The molecule has 0 saturated heterocycles. The smallest absolute Gasteiger partial charge is 0.123 e. The first-order valence-corrected chi connectivity index (χ1v) is 7.34. The van der Waals surface area contributed by atoms with Gasteiger partial charge < -0.3 is 0 Å². The Bertz CT molecular complexity index is 773. The molecule has 4 heteroatoms. The highest BCUT2D eigenvalue weighted by Crippen LogP contribution is 2.35. The van der Waals surface area contributed by atoms with E-state index in [-0.39, 0.29) is 0 Å². The summed E-state index contributed by atoms with van der Waals surface area (Å²) in [5, 5.41) is 5.41. The van der Waals surface area contributed by atoms with Gasteiger partial charge in [0.25, 0.3) is 0 Å². The summed E-state index contributed by atoms with van der Waals surface area (Å²) in [7, 11) is 0. The van der Waals surface area contributed by atoms with Crippen molar-refractivity contribution in [1.29, 1.82) is 0 Å². The van der Waals surface area contributed by atoms with Gasteiger partial charge in [0.15, 0.2) is 0 Å². The Hall–Kier alpha value is -1.78. The summed E-state index contributed by atoms with van der Waals surface area (Å²) in [6.45, 7) is 0. The highest BCUT2D eigenvalue weighted by molar-refractivity contribution is 7.18. The number of rotatable bonds is 1. The molecule has 0 unspecified atom stereocenters. The van der Waals surface area contributed by atoms with Gasteiger partial charge in [-0.15, -0.1) is 22.7 Å². The lowest BCUT2D eigenvalue weighted by molar-refractivity contribution is 1.42. The van der Waals surface area contributed by atoms with Gasteiger partial charge in [0, 0.05) is 23.3 Å². The Morgan fingerprint density at radius 3 is 2.61 bits per heavy atom. The van der Waals surface area contributed by atoms with E-state index in [1.54, 1.807) is 22.7 Å². The van der Waals surface area contributed by atoms with Crippen molar-refractivity contribution in [3.8, 4) is 11.1 Å². The Morgan fingerprint density at radius 2 is 1.61 bits per heavy atom. The molecule has 4 aromatic heterocycles. The highest BCUT2D eigenvalue weighted by Gasteiger charge is 2.09. The first-order valence-electron chi connectivity index (χ1n) is 5.58. The summed E-state index contributed by atoms with van der Waals surface area (Å²) in [5.41, 5.74) is 3.56. The first kappa shape index (κ1) is 10.2. The van der Waals surface area contributed by atoms with Crippen molar-refractivity contribution in [2.24, 2.45) is 0 Å². The van der Waals surface area contributed by atoms with E-state index in [0.717, 1.165) is 10.3 Å². The second kappa shape index (κ2) is 3.86. The minimum Gasteiger partial charge on any atom is -0.255 e. The van der Waals surface area contributed by atoms with Gasteiger partial charge in [-0.1, -0.05) is 0 Å². The van der Waals surface area contributed by atoms with E-state index < -0.39 is 0 Å². The molecule has 2 nitrogen and oxygen atoms in total. The molecule has 0 bridgehead atoms. The minimum absolute atomic E-state index is 1.07. The van der Waals surface area contributed by atoms with E-state index in [4.69, 9.17) is 0 Å². The molecule has 0 spiro atoms. The van der Waals surface area contributed by atoms with Crippen molar-refractivity contribution in [1.82, 2.24) is 9.97 Å². The van der Waals surface area contributed by atoms with Crippen LogP contribution in [-0.4, -0.2) is 9.97 Å². The van der Waals surface area contributed by atoms with Crippen molar-refractivity contribution in [3.05, 3.63) is 47.4 Å². The lowest BCUT2D eigenvalue weighted by atomic mass is 10.1. The topological polar surface area (TPSA) is 25.8 Å². The lowest BCUT2D eigenvalue weighted by Gasteiger charge is -2.04. The van der Waals surface area contributed by atoms with Gasteiger partial charge in [-0.2, -0.15) is 0 Å². The van der Waals surface area contributed by atoms with Crippen LogP contribution in [0.3, 0.4) is 0 Å². The van der Waals surface area contributed by atoms with Crippen LogP contribution in [0.15, 0.2) is 47.4 Å². The zero-order valence-electron chi connectivity index (χ0n) is 9.33. The number of thiophene rings is 2. The van der Waals surface area contributed by atoms with Crippen LogP contribution in [-0.2, 0) is 0 Å². The second-order valence-electron chi connectivity index (χ2n) is 3.99. The lowest BCUT2D eigenvalue weighted by Crippen LogP contribution is -1.82. The van der Waals surface area contributed by atoms with Gasteiger partial charge in [-0.05, 0) is 40.6 Å². The van der Waals surface area contributed by atoms with Crippen LogP contribution in [0.2, 0.25) is 0 Å². The molecule has 0 aliphatic carbocycles. The normalized spacial score (nSPS) is 11.3. The molecule has 0 amide bonds. The maximum Gasteiger partial charge on any atom is 0.123 e. The zero-order valence-corrected chi connectivity index (χ0v) is 11.0. The number of pyridine rings is 2. The Balaban J connectivity index is 2.13. The predicted molar refractivity (Wildman–Crippen MR) is 78.2 cm³/mol. The average Bonchev–Trinajstić information content (AvgIpc) is 3.06. The van der Waals surface area contributed by atoms with Crippen LogP contribution in [0.1, 0.15) is 0 Å². The summed E-state index contributed by atoms with van der Waals surface area (Å²) < 4.78 is 1.25. The van der Waals surface area contributed by atoms with Crippen LogP contribution >= 0.6 is 22.7 Å². The van der Waals surface area contributed by atoms with Crippen molar-refractivity contribution in [3.63, 3.8) is 0 Å². The number of fused-ring (bicyclic) bond motifs is 2. The molecule has 0 radical (unpaired) electrons. The van der Waals surface area contributed by atoms with Crippen molar-refractivity contribution >= 4 is 43.1 Å². The molecule has 0 saturated carbocycles. The van der Waals surface area contributed by atoms with Gasteiger partial charge in [0.05, 0.1) is 10.2 Å². The molecule has 0 aliphatic rings. The third-order valence-electron chi connectivity index (χ3n) is 3.00. The molecular formula is C14H8N2S2. The summed E-state index contributed by atoms with van der Waals surface area (Å²) >= 11 is 3.42. The maximum absolute atomic E-state index is 4.40. The average molecular weight is 268 g/mol. The fraction of sp³-hybridized carbons (Fsp3) is 0. The van der Waals surface area contributed by atoms with E-state index in [9.17, 15) is 0 Å². The number of hydrogen-bond acceptors (Lipinski definition) is 4. The molecule has 4 rings (SSSR count). The van der Waals surface area contributed by atoms with E-state index >= 15 is 0 Å². The van der Waals surface area contributed by atoms with Crippen LogP contribution in [0.25, 0.3) is 31.6 Å². The van der Waals surface area contributed by atoms with Crippen molar-refractivity contribution in [2.45, 2.75) is 0 Å². The van der Waals surface area contributed by atoms with E-state index in [0.29, 0.717) is 0 Å². The van der Waals surface area contributed by atoms with Crippen molar-refractivity contribution < 1.29 is 0 Å². The van der Waals surface area contributed by atoms with Gasteiger partial charge in [0.1, 0.15) is 4.83 Å².